The molecule has 0 aromatic carbocycles. The van der Waals surface area contributed by atoms with Crippen molar-refractivity contribution in [1.82, 2.24) is 5.32 Å². The van der Waals surface area contributed by atoms with Crippen LogP contribution in [-0.4, -0.2) is 44.3 Å². The van der Waals surface area contributed by atoms with Crippen molar-refractivity contribution in [1.29, 1.82) is 0 Å². The van der Waals surface area contributed by atoms with Crippen LogP contribution in [0.5, 0.6) is 0 Å². The van der Waals surface area contributed by atoms with Gasteiger partial charge in [-0.1, -0.05) is 0 Å². The first-order valence-corrected chi connectivity index (χ1v) is 8.19. The van der Waals surface area contributed by atoms with Gasteiger partial charge in [0.15, 0.2) is 0 Å². The van der Waals surface area contributed by atoms with Crippen LogP contribution in [0.4, 0.5) is 0 Å². The molecule has 0 aromatic heterocycles. The molecule has 4 rings (SSSR count). The van der Waals surface area contributed by atoms with Crippen LogP contribution in [0.1, 0.15) is 38.5 Å². The Morgan fingerprint density at radius 3 is 2.70 bits per heavy atom. The topological polar surface area (TPSA) is 47.6 Å². The standard InChI is InChI=1S/C16H25NO3/c18-14(13-10-15(13)2-5-17-6-3-15)12-1-7-20-16(9-12)4-8-19-11-16/h12-13,17H,1-11H2. The van der Waals surface area contributed by atoms with E-state index in [1.807, 2.05) is 0 Å². The predicted molar refractivity (Wildman–Crippen MR) is 74.5 cm³/mol. The van der Waals surface area contributed by atoms with Crippen molar-refractivity contribution in [2.45, 2.75) is 44.1 Å². The highest BCUT2D eigenvalue weighted by Gasteiger charge is 2.59. The van der Waals surface area contributed by atoms with Gasteiger partial charge >= 0.3 is 0 Å². The summed E-state index contributed by atoms with van der Waals surface area (Å²) in [5, 5.41) is 3.41. The van der Waals surface area contributed by atoms with E-state index in [0.29, 0.717) is 23.7 Å². The lowest BCUT2D eigenvalue weighted by molar-refractivity contribution is -0.139. The summed E-state index contributed by atoms with van der Waals surface area (Å²) in [6, 6.07) is 0. The van der Waals surface area contributed by atoms with Gasteiger partial charge in [0.25, 0.3) is 0 Å². The summed E-state index contributed by atoms with van der Waals surface area (Å²) in [4.78, 5) is 12.9. The lowest BCUT2D eigenvalue weighted by Crippen LogP contribution is -2.43. The third kappa shape index (κ3) is 2.13. The fourth-order valence-corrected chi connectivity index (χ4v) is 4.65. The molecule has 0 bridgehead atoms. The third-order valence-electron chi connectivity index (χ3n) is 6.09. The van der Waals surface area contributed by atoms with Crippen molar-refractivity contribution in [3.63, 3.8) is 0 Å². The summed E-state index contributed by atoms with van der Waals surface area (Å²) in [6.45, 7) is 4.40. The summed E-state index contributed by atoms with van der Waals surface area (Å²) >= 11 is 0. The fraction of sp³-hybridized carbons (Fsp3) is 0.938. The van der Waals surface area contributed by atoms with E-state index < -0.39 is 0 Å². The lowest BCUT2D eigenvalue weighted by Gasteiger charge is -2.37. The maximum absolute atomic E-state index is 12.9. The van der Waals surface area contributed by atoms with Crippen LogP contribution >= 0.6 is 0 Å². The Morgan fingerprint density at radius 1 is 1.10 bits per heavy atom. The molecular formula is C16H25NO3. The van der Waals surface area contributed by atoms with E-state index in [1.54, 1.807) is 0 Å². The maximum Gasteiger partial charge on any atom is 0.139 e. The first-order chi connectivity index (χ1) is 9.73. The van der Waals surface area contributed by atoms with Crippen LogP contribution < -0.4 is 5.32 Å². The first kappa shape index (κ1) is 13.2. The van der Waals surface area contributed by atoms with Crippen molar-refractivity contribution < 1.29 is 14.3 Å². The molecule has 1 aliphatic carbocycles. The van der Waals surface area contributed by atoms with Crippen LogP contribution in [0.2, 0.25) is 0 Å². The Kier molecular flexibility index (Phi) is 3.17. The molecule has 3 unspecified atom stereocenters. The van der Waals surface area contributed by atoms with Crippen LogP contribution in [0.15, 0.2) is 0 Å². The third-order valence-corrected chi connectivity index (χ3v) is 6.09. The smallest absolute Gasteiger partial charge is 0.139 e. The highest BCUT2D eigenvalue weighted by atomic mass is 16.6. The molecule has 3 heterocycles. The van der Waals surface area contributed by atoms with E-state index >= 15 is 0 Å². The monoisotopic (exact) mass is 279 g/mol. The zero-order valence-electron chi connectivity index (χ0n) is 12.2. The van der Waals surface area contributed by atoms with Gasteiger partial charge in [-0.2, -0.15) is 0 Å². The molecule has 3 aliphatic heterocycles. The Balaban J connectivity index is 1.41. The minimum absolute atomic E-state index is 0.130. The predicted octanol–water partition coefficient (Wildman–Crippen LogP) is 1.53. The molecule has 0 radical (unpaired) electrons. The highest BCUT2D eigenvalue weighted by molar-refractivity contribution is 5.87. The van der Waals surface area contributed by atoms with Gasteiger partial charge < -0.3 is 14.8 Å². The summed E-state index contributed by atoms with van der Waals surface area (Å²) in [6.07, 6.45) is 6.33. The van der Waals surface area contributed by atoms with E-state index in [4.69, 9.17) is 9.47 Å². The second-order valence-corrected chi connectivity index (χ2v) is 7.30. The highest BCUT2D eigenvalue weighted by Crippen LogP contribution is 2.60. The number of ether oxygens (including phenoxy) is 2. The second-order valence-electron chi connectivity index (χ2n) is 7.30. The van der Waals surface area contributed by atoms with Gasteiger partial charge in [-0.25, -0.2) is 0 Å². The minimum Gasteiger partial charge on any atom is -0.378 e. The number of rotatable bonds is 2. The molecule has 2 spiro atoms. The summed E-state index contributed by atoms with van der Waals surface area (Å²) in [5.74, 6) is 1.12. The molecule has 4 aliphatic rings. The molecule has 4 heteroatoms. The Hall–Kier alpha value is -0.450. The molecule has 112 valence electrons. The van der Waals surface area contributed by atoms with E-state index in [1.165, 1.54) is 12.8 Å². The van der Waals surface area contributed by atoms with E-state index in [-0.39, 0.29) is 11.5 Å². The zero-order valence-corrected chi connectivity index (χ0v) is 12.2. The van der Waals surface area contributed by atoms with E-state index in [0.717, 1.165) is 52.0 Å². The van der Waals surface area contributed by atoms with Crippen molar-refractivity contribution in [3.05, 3.63) is 0 Å². The quantitative estimate of drug-likeness (QED) is 0.833. The number of carbonyl (C=O) groups excluding carboxylic acids is 1. The molecule has 1 saturated carbocycles. The van der Waals surface area contributed by atoms with Crippen molar-refractivity contribution >= 4 is 5.78 Å². The van der Waals surface area contributed by atoms with Crippen molar-refractivity contribution in [2.75, 3.05) is 32.9 Å². The molecule has 4 nitrogen and oxygen atoms in total. The molecule has 4 fully saturated rings. The number of carbonyl (C=O) groups is 1. The molecule has 3 atom stereocenters. The number of ketones is 1. The fourth-order valence-electron chi connectivity index (χ4n) is 4.65. The summed E-state index contributed by atoms with van der Waals surface area (Å²) in [5.41, 5.74) is 0.245. The molecule has 1 N–H and O–H groups in total. The number of hydrogen-bond acceptors (Lipinski definition) is 4. The second kappa shape index (κ2) is 4.79. The average molecular weight is 279 g/mol. The number of hydrogen-bond donors (Lipinski definition) is 1. The van der Waals surface area contributed by atoms with Gasteiger partial charge in [0.05, 0.1) is 12.2 Å². The van der Waals surface area contributed by atoms with Crippen LogP contribution in [-0.2, 0) is 14.3 Å². The maximum atomic E-state index is 12.9. The van der Waals surface area contributed by atoms with Crippen LogP contribution in [0.3, 0.4) is 0 Å². The van der Waals surface area contributed by atoms with Crippen LogP contribution in [0.25, 0.3) is 0 Å². The number of Topliss-reactive ketones (excluding diaryl/α,β-unsaturated/α-hetero) is 1. The SMILES string of the molecule is O=C(C1CCOC2(CCOC2)C1)C1CC12CCNCC2. The molecule has 20 heavy (non-hydrogen) atoms. The van der Waals surface area contributed by atoms with Gasteiger partial charge in [-0.15, -0.1) is 0 Å². The summed E-state index contributed by atoms with van der Waals surface area (Å²) < 4.78 is 11.5. The molecule has 0 aromatic rings. The Bertz CT molecular complexity index is 397. The normalized spacial score (nSPS) is 43.0. The van der Waals surface area contributed by atoms with Gasteiger partial charge in [-0.3, -0.25) is 4.79 Å². The van der Waals surface area contributed by atoms with Gasteiger partial charge in [0.1, 0.15) is 5.78 Å². The van der Waals surface area contributed by atoms with E-state index in [9.17, 15) is 4.79 Å². The minimum atomic E-state index is -0.130. The molecule has 0 amide bonds. The largest absolute Gasteiger partial charge is 0.378 e. The zero-order chi connectivity index (χ0) is 13.6. The van der Waals surface area contributed by atoms with Gasteiger partial charge in [0.2, 0.25) is 0 Å². The Labute approximate surface area is 120 Å². The average Bonchev–Trinajstić information content (AvgIpc) is 2.97. The van der Waals surface area contributed by atoms with Crippen LogP contribution in [0, 0.1) is 17.3 Å². The molecular weight excluding hydrogens is 254 g/mol. The number of nitrogens with one attached hydrogen (secondary N) is 1. The van der Waals surface area contributed by atoms with Crippen molar-refractivity contribution in [3.8, 4) is 0 Å². The molecule has 3 saturated heterocycles. The Morgan fingerprint density at radius 2 is 1.95 bits per heavy atom. The summed E-state index contributed by atoms with van der Waals surface area (Å²) in [7, 11) is 0. The first-order valence-electron chi connectivity index (χ1n) is 8.19. The number of piperidine rings is 1. The van der Waals surface area contributed by atoms with Gasteiger partial charge in [-0.05, 0) is 50.6 Å². The van der Waals surface area contributed by atoms with Crippen molar-refractivity contribution in [2.24, 2.45) is 17.3 Å². The lowest BCUT2D eigenvalue weighted by atomic mass is 9.79. The van der Waals surface area contributed by atoms with E-state index in [2.05, 4.69) is 5.32 Å². The van der Waals surface area contributed by atoms with Gasteiger partial charge in [0, 0.05) is 31.5 Å².